The molecule has 0 aromatic heterocycles. The molecule has 2 aliphatic carbocycles. The summed E-state index contributed by atoms with van der Waals surface area (Å²) in [4.78, 5) is 11.7. The molecule has 25 heavy (non-hydrogen) atoms. The van der Waals surface area contributed by atoms with Crippen LogP contribution < -0.4 is 0 Å². The highest BCUT2D eigenvalue weighted by Gasteiger charge is 2.59. The summed E-state index contributed by atoms with van der Waals surface area (Å²) >= 11 is 0. The van der Waals surface area contributed by atoms with E-state index in [1.165, 1.54) is 25.7 Å². The Morgan fingerprint density at radius 3 is 1.76 bits per heavy atom. The van der Waals surface area contributed by atoms with E-state index in [1.54, 1.807) is 14.2 Å². The Labute approximate surface area is 152 Å². The van der Waals surface area contributed by atoms with Crippen LogP contribution in [0.4, 0.5) is 0 Å². The molecule has 5 nitrogen and oxygen atoms in total. The van der Waals surface area contributed by atoms with Crippen molar-refractivity contribution in [2.24, 2.45) is 0 Å². The lowest BCUT2D eigenvalue weighted by molar-refractivity contribution is -0.153. The van der Waals surface area contributed by atoms with Crippen LogP contribution in [0.3, 0.4) is 0 Å². The number of hydrogen-bond acceptors (Lipinski definition) is 5. The summed E-state index contributed by atoms with van der Waals surface area (Å²) in [6.07, 6.45) is 10.2. The van der Waals surface area contributed by atoms with Gasteiger partial charge in [0, 0.05) is 27.1 Å². The normalized spacial score (nSPS) is 30.9. The van der Waals surface area contributed by atoms with Gasteiger partial charge in [-0.05, 0) is 32.0 Å². The topological polar surface area (TPSA) is 54.0 Å². The summed E-state index contributed by atoms with van der Waals surface area (Å²) in [6.45, 7) is 1.90. The zero-order valence-electron chi connectivity index (χ0n) is 16.1. The highest BCUT2D eigenvalue weighted by Crippen LogP contribution is 2.48. The number of ether oxygens (including phenoxy) is 2. The molecule has 6 heteroatoms. The molecule has 1 heterocycles. The number of Topliss-reactive ketones (excluding diaryl/α,β-unsaturated/α-hetero) is 1. The van der Waals surface area contributed by atoms with Crippen LogP contribution in [0.25, 0.3) is 0 Å². The molecule has 0 spiro atoms. The number of hydrogen-bond donors (Lipinski definition) is 0. The predicted octanol–water partition coefficient (Wildman–Crippen LogP) is 3.55. The van der Waals surface area contributed by atoms with E-state index < -0.39 is 0 Å². The molecule has 0 N–H and O–H groups in total. The second-order valence-electron chi connectivity index (χ2n) is 7.93. The van der Waals surface area contributed by atoms with Crippen molar-refractivity contribution in [3.63, 3.8) is 0 Å². The number of rotatable bonds is 8. The Bertz CT molecular complexity index is 425. The Kier molecular flexibility index (Phi) is 6.25. The molecule has 0 unspecified atom stereocenters. The Balaban J connectivity index is 1.80. The average Bonchev–Trinajstić information content (AvgIpc) is 3.38. The first-order valence-electron chi connectivity index (χ1n) is 10.0. The van der Waals surface area contributed by atoms with Gasteiger partial charge < -0.3 is 18.8 Å². The van der Waals surface area contributed by atoms with Crippen LogP contribution in [0.2, 0.25) is 6.32 Å². The van der Waals surface area contributed by atoms with Crippen molar-refractivity contribution < 1.29 is 23.6 Å². The van der Waals surface area contributed by atoms with Crippen molar-refractivity contribution in [3.8, 4) is 0 Å². The number of carbonyl (C=O) groups excluding carboxylic acids is 1. The fourth-order valence-electron chi connectivity index (χ4n) is 5.05. The largest absolute Gasteiger partial charge is 0.458 e. The van der Waals surface area contributed by atoms with Gasteiger partial charge in [-0.15, -0.1) is 0 Å². The smallest absolute Gasteiger partial charge is 0.403 e. The van der Waals surface area contributed by atoms with Crippen molar-refractivity contribution >= 4 is 12.9 Å². The molecule has 2 atom stereocenters. The molecule has 0 aromatic carbocycles. The molecule has 3 fully saturated rings. The first kappa shape index (κ1) is 19.3. The van der Waals surface area contributed by atoms with Crippen LogP contribution in [0.15, 0.2) is 0 Å². The minimum Gasteiger partial charge on any atom is -0.403 e. The highest BCUT2D eigenvalue weighted by atomic mass is 16.7. The van der Waals surface area contributed by atoms with Gasteiger partial charge in [0.1, 0.15) is 5.78 Å². The van der Waals surface area contributed by atoms with Gasteiger partial charge in [0.05, 0.1) is 23.4 Å². The average molecular weight is 352 g/mol. The zero-order chi connectivity index (χ0) is 17.9. The third-order valence-corrected chi connectivity index (χ3v) is 6.67. The fourth-order valence-corrected chi connectivity index (χ4v) is 5.05. The molecule has 2 saturated carbocycles. The van der Waals surface area contributed by atoms with Crippen LogP contribution in [-0.2, 0) is 23.6 Å². The van der Waals surface area contributed by atoms with Gasteiger partial charge in [-0.3, -0.25) is 4.79 Å². The van der Waals surface area contributed by atoms with E-state index in [4.69, 9.17) is 18.8 Å². The maximum absolute atomic E-state index is 11.7. The van der Waals surface area contributed by atoms with Crippen molar-refractivity contribution in [2.45, 2.75) is 101 Å². The molecule has 0 bridgehead atoms. The number of methoxy groups -OCH3 is 2. The molecule has 0 amide bonds. The summed E-state index contributed by atoms with van der Waals surface area (Å²) in [6, 6.07) is 0. The molecule has 142 valence electrons. The summed E-state index contributed by atoms with van der Waals surface area (Å²) < 4.78 is 24.9. The van der Waals surface area contributed by atoms with E-state index in [0.717, 1.165) is 25.7 Å². The van der Waals surface area contributed by atoms with E-state index in [2.05, 4.69) is 0 Å². The van der Waals surface area contributed by atoms with E-state index in [-0.39, 0.29) is 36.3 Å². The van der Waals surface area contributed by atoms with Gasteiger partial charge in [-0.2, -0.15) is 0 Å². The molecular weight excluding hydrogens is 319 g/mol. The second kappa shape index (κ2) is 8.07. The van der Waals surface area contributed by atoms with Gasteiger partial charge in [-0.1, -0.05) is 32.6 Å². The standard InChI is InChI=1S/C19H33BO5/c1-4-15(21)9-14-20-24-16(18(22-2)10-5-6-11-18)17(25-20)19(23-3)12-7-8-13-19/h16-17H,4-14H2,1-3H3/t16-,17-/m1/s1. The van der Waals surface area contributed by atoms with Gasteiger partial charge in [0.15, 0.2) is 0 Å². The Hall–Kier alpha value is -0.425. The monoisotopic (exact) mass is 352 g/mol. The van der Waals surface area contributed by atoms with Crippen molar-refractivity contribution in [1.29, 1.82) is 0 Å². The van der Waals surface area contributed by atoms with E-state index in [0.29, 0.717) is 19.2 Å². The van der Waals surface area contributed by atoms with E-state index >= 15 is 0 Å². The van der Waals surface area contributed by atoms with Crippen molar-refractivity contribution in [3.05, 3.63) is 0 Å². The third kappa shape index (κ3) is 3.68. The van der Waals surface area contributed by atoms with Crippen LogP contribution in [0, 0.1) is 0 Å². The summed E-state index contributed by atoms with van der Waals surface area (Å²) in [5, 5.41) is 0. The molecular formula is C19H33BO5. The predicted molar refractivity (Wildman–Crippen MR) is 96.6 cm³/mol. The Morgan fingerprint density at radius 2 is 1.40 bits per heavy atom. The van der Waals surface area contributed by atoms with Crippen LogP contribution in [0.5, 0.6) is 0 Å². The first-order valence-corrected chi connectivity index (χ1v) is 10.0. The second-order valence-corrected chi connectivity index (χ2v) is 7.93. The number of ketones is 1. The highest BCUT2D eigenvalue weighted by molar-refractivity contribution is 6.45. The SMILES string of the molecule is CCC(=O)CCB1O[C@@H](C2(OC)CCCC2)[C@H](C2(OC)CCCC2)O1. The molecule has 0 aromatic rings. The van der Waals surface area contributed by atoms with Gasteiger partial charge in [0.2, 0.25) is 0 Å². The molecule has 3 aliphatic rings. The third-order valence-electron chi connectivity index (χ3n) is 6.67. The summed E-state index contributed by atoms with van der Waals surface area (Å²) in [7, 11) is 3.27. The molecule has 0 radical (unpaired) electrons. The van der Waals surface area contributed by atoms with Gasteiger partial charge in [-0.25, -0.2) is 0 Å². The van der Waals surface area contributed by atoms with Crippen LogP contribution in [-0.4, -0.2) is 50.5 Å². The lowest BCUT2D eigenvalue weighted by Gasteiger charge is -2.43. The summed E-state index contributed by atoms with van der Waals surface area (Å²) in [5.41, 5.74) is -0.551. The summed E-state index contributed by atoms with van der Waals surface area (Å²) in [5.74, 6) is 0.261. The first-order chi connectivity index (χ1) is 12.1. The van der Waals surface area contributed by atoms with Crippen molar-refractivity contribution in [2.75, 3.05) is 14.2 Å². The zero-order valence-corrected chi connectivity index (χ0v) is 16.1. The maximum atomic E-state index is 11.7. The van der Waals surface area contributed by atoms with E-state index in [1.807, 2.05) is 6.92 Å². The lowest BCUT2D eigenvalue weighted by atomic mass is 9.81. The molecule has 1 aliphatic heterocycles. The van der Waals surface area contributed by atoms with Crippen LogP contribution >= 0.6 is 0 Å². The molecule has 3 rings (SSSR count). The van der Waals surface area contributed by atoms with Crippen molar-refractivity contribution in [1.82, 2.24) is 0 Å². The quantitative estimate of drug-likeness (QED) is 0.626. The maximum Gasteiger partial charge on any atom is 0.458 e. The Morgan fingerprint density at radius 1 is 0.960 bits per heavy atom. The fraction of sp³-hybridized carbons (Fsp3) is 0.947. The lowest BCUT2D eigenvalue weighted by Crippen LogP contribution is -2.56. The van der Waals surface area contributed by atoms with Crippen LogP contribution in [0.1, 0.15) is 71.1 Å². The van der Waals surface area contributed by atoms with E-state index in [9.17, 15) is 4.79 Å². The molecule has 1 saturated heterocycles. The minimum atomic E-state index is -0.328. The van der Waals surface area contributed by atoms with Gasteiger partial charge in [0.25, 0.3) is 0 Å². The minimum absolute atomic E-state index is 0.111. The number of carbonyl (C=O) groups is 1. The van der Waals surface area contributed by atoms with Gasteiger partial charge >= 0.3 is 7.12 Å².